The van der Waals surface area contributed by atoms with Crippen LogP contribution >= 0.6 is 0 Å². The van der Waals surface area contributed by atoms with Crippen molar-refractivity contribution in [1.29, 1.82) is 0 Å². The Morgan fingerprint density at radius 1 is 0.977 bits per heavy atom. The molecule has 7 nitrogen and oxygen atoms in total. The first-order valence-electron chi connectivity index (χ1n) is 15.5. The van der Waals surface area contributed by atoms with Crippen LogP contribution in [0, 0.1) is 0 Å². The van der Waals surface area contributed by atoms with Gasteiger partial charge in [0.05, 0.1) is 18.2 Å². The number of carbonyl (C=O) groups is 2. The lowest BCUT2D eigenvalue weighted by atomic mass is 10.0. The third kappa shape index (κ3) is 9.16. The summed E-state index contributed by atoms with van der Waals surface area (Å²) in [7, 11) is 1.25. The van der Waals surface area contributed by atoms with Crippen LogP contribution in [0.5, 0.6) is 0 Å². The van der Waals surface area contributed by atoms with Gasteiger partial charge >= 0.3 is 6.09 Å². The van der Waals surface area contributed by atoms with Gasteiger partial charge in [-0.15, -0.1) is 0 Å². The van der Waals surface area contributed by atoms with Gasteiger partial charge in [-0.1, -0.05) is 63.2 Å². The Bertz CT molecular complexity index is 1200. The minimum atomic E-state index is -2.19. The SMILES string of the molecule is COC(C)CN(C)C(=O)c1ccc(C[C@@H]2CC[C@H]([C@H](O[Si](C)(C)C(C)(C)C)c3ccccc3)N2C(=O)OC(C)(C)C)cc1. The Morgan fingerprint density at radius 3 is 2.12 bits per heavy atom. The maximum absolute atomic E-state index is 13.9. The van der Waals surface area contributed by atoms with Crippen LogP contribution in [0.3, 0.4) is 0 Å². The molecule has 1 fully saturated rings. The van der Waals surface area contributed by atoms with Crippen LogP contribution in [0.2, 0.25) is 18.1 Å². The second-order valence-electron chi connectivity index (χ2n) is 14.5. The van der Waals surface area contributed by atoms with Crippen LogP contribution in [0.1, 0.15) is 88.9 Å². The summed E-state index contributed by atoms with van der Waals surface area (Å²) < 4.78 is 18.4. The molecule has 0 N–H and O–H groups in total. The summed E-state index contributed by atoms with van der Waals surface area (Å²) in [5.74, 6) is -0.0414. The van der Waals surface area contributed by atoms with Gasteiger partial charge < -0.3 is 18.8 Å². The quantitative estimate of drug-likeness (QED) is 0.256. The number of amides is 2. The molecule has 8 heteroatoms. The summed E-state index contributed by atoms with van der Waals surface area (Å²) in [6, 6.07) is 17.9. The molecule has 0 radical (unpaired) electrons. The Hall–Kier alpha value is -2.68. The molecule has 4 atom stereocenters. The molecule has 3 rings (SSSR count). The minimum absolute atomic E-state index is 0.0175. The molecule has 0 spiro atoms. The molecule has 0 bridgehead atoms. The van der Waals surface area contributed by atoms with E-state index in [0.29, 0.717) is 18.5 Å². The lowest BCUT2D eigenvalue weighted by Gasteiger charge is -2.43. The third-order valence-electron chi connectivity index (χ3n) is 8.81. The molecule has 2 amide bonds. The van der Waals surface area contributed by atoms with Gasteiger partial charge in [0.15, 0.2) is 8.32 Å². The topological polar surface area (TPSA) is 68.3 Å². The molecule has 2 aromatic rings. The summed E-state index contributed by atoms with van der Waals surface area (Å²) in [6.07, 6.45) is 1.72. The predicted molar refractivity (Wildman–Crippen MR) is 176 cm³/mol. The van der Waals surface area contributed by atoms with Crippen molar-refractivity contribution in [1.82, 2.24) is 9.80 Å². The van der Waals surface area contributed by atoms with Crippen molar-refractivity contribution < 1.29 is 23.5 Å². The summed E-state index contributed by atoms with van der Waals surface area (Å²) in [6.45, 7) is 19.5. The standard InChI is InChI=1S/C35H54N2O5Si/c1-25(40-9)24-36(8)32(38)28-19-17-26(18-20-28)23-29-21-22-30(37(29)33(39)41-34(2,3)4)31(27-15-13-12-14-16-27)42-43(10,11)35(5,6)7/h12-20,25,29-31H,21-24H2,1-11H3/t25?,29-,30+,31+/m0/s1. The van der Waals surface area contributed by atoms with Crippen molar-refractivity contribution in [2.24, 2.45) is 0 Å². The van der Waals surface area contributed by atoms with Gasteiger partial charge in [0, 0.05) is 32.3 Å². The summed E-state index contributed by atoms with van der Waals surface area (Å²) in [5.41, 5.74) is 2.17. The van der Waals surface area contributed by atoms with E-state index in [9.17, 15) is 9.59 Å². The molecule has 43 heavy (non-hydrogen) atoms. The number of hydrogen-bond donors (Lipinski definition) is 0. The van der Waals surface area contributed by atoms with E-state index >= 15 is 0 Å². The van der Waals surface area contributed by atoms with Crippen molar-refractivity contribution >= 4 is 20.3 Å². The van der Waals surface area contributed by atoms with Gasteiger partial charge in [0.25, 0.3) is 5.91 Å². The van der Waals surface area contributed by atoms with Crippen LogP contribution in [-0.4, -0.2) is 74.6 Å². The van der Waals surface area contributed by atoms with E-state index in [1.807, 2.05) is 75.1 Å². The molecule has 1 aliphatic heterocycles. The largest absolute Gasteiger partial charge is 0.444 e. The van der Waals surface area contributed by atoms with E-state index < -0.39 is 13.9 Å². The number of methoxy groups -OCH3 is 1. The number of rotatable bonds is 10. The fraction of sp³-hybridized carbons (Fsp3) is 0.600. The molecule has 238 valence electrons. The Balaban J connectivity index is 1.91. The summed E-state index contributed by atoms with van der Waals surface area (Å²) >= 11 is 0. The Morgan fingerprint density at radius 2 is 1.58 bits per heavy atom. The first-order valence-corrected chi connectivity index (χ1v) is 18.5. The predicted octanol–water partition coefficient (Wildman–Crippen LogP) is 7.87. The van der Waals surface area contributed by atoms with Crippen LogP contribution < -0.4 is 0 Å². The maximum Gasteiger partial charge on any atom is 0.410 e. The van der Waals surface area contributed by atoms with Crippen molar-refractivity contribution in [3.05, 3.63) is 71.3 Å². The highest BCUT2D eigenvalue weighted by Gasteiger charge is 2.47. The molecule has 0 saturated carbocycles. The number of likely N-dealkylation sites (N-methyl/N-ethyl adjacent to an activating group) is 1. The van der Waals surface area contributed by atoms with Crippen LogP contribution in [0.4, 0.5) is 4.79 Å². The smallest absolute Gasteiger partial charge is 0.410 e. The average Bonchev–Trinajstić information content (AvgIpc) is 3.33. The zero-order chi connectivity index (χ0) is 32.2. The van der Waals surface area contributed by atoms with Gasteiger partial charge in [0.2, 0.25) is 0 Å². The van der Waals surface area contributed by atoms with Gasteiger partial charge in [-0.25, -0.2) is 4.79 Å². The van der Waals surface area contributed by atoms with Crippen molar-refractivity contribution in [3.8, 4) is 0 Å². The van der Waals surface area contributed by atoms with Crippen LogP contribution in [0.15, 0.2) is 54.6 Å². The normalized spacial score (nSPS) is 19.2. The zero-order valence-electron chi connectivity index (χ0n) is 28.3. The van der Waals surface area contributed by atoms with E-state index in [1.54, 1.807) is 19.1 Å². The van der Waals surface area contributed by atoms with Crippen molar-refractivity contribution in [2.45, 2.75) is 116 Å². The van der Waals surface area contributed by atoms with E-state index in [-0.39, 0.29) is 41.3 Å². The van der Waals surface area contributed by atoms with Crippen LogP contribution in [-0.2, 0) is 20.3 Å². The first-order chi connectivity index (χ1) is 19.9. The van der Waals surface area contributed by atoms with Gasteiger partial charge in [-0.05, 0) is 88.3 Å². The number of nitrogens with zero attached hydrogens (tertiary/aromatic N) is 2. The number of carbonyl (C=O) groups excluding carboxylic acids is 2. The lowest BCUT2D eigenvalue weighted by molar-refractivity contribution is -0.00239. The number of hydrogen-bond acceptors (Lipinski definition) is 5. The Kier molecular flexibility index (Phi) is 11.3. The van der Waals surface area contributed by atoms with E-state index in [4.69, 9.17) is 13.9 Å². The second-order valence-corrected chi connectivity index (χ2v) is 19.3. The van der Waals surface area contributed by atoms with E-state index in [2.05, 4.69) is 46.0 Å². The molecule has 2 aromatic carbocycles. The third-order valence-corrected chi connectivity index (χ3v) is 13.3. The molecular weight excluding hydrogens is 556 g/mol. The fourth-order valence-electron chi connectivity index (χ4n) is 5.33. The Labute approximate surface area is 261 Å². The number of benzene rings is 2. The first kappa shape index (κ1) is 34.8. The molecule has 1 unspecified atom stereocenters. The van der Waals surface area contributed by atoms with Crippen molar-refractivity contribution in [2.75, 3.05) is 20.7 Å². The van der Waals surface area contributed by atoms with Crippen LogP contribution in [0.25, 0.3) is 0 Å². The minimum Gasteiger partial charge on any atom is -0.444 e. The summed E-state index contributed by atoms with van der Waals surface area (Å²) in [5, 5.41) is 0.0175. The average molecular weight is 611 g/mol. The molecule has 1 saturated heterocycles. The van der Waals surface area contributed by atoms with E-state index in [0.717, 1.165) is 24.0 Å². The second kappa shape index (κ2) is 14.0. The molecule has 0 aromatic heterocycles. The highest BCUT2D eigenvalue weighted by molar-refractivity contribution is 6.74. The highest BCUT2D eigenvalue weighted by Crippen LogP contribution is 2.44. The monoisotopic (exact) mass is 610 g/mol. The zero-order valence-corrected chi connectivity index (χ0v) is 29.3. The van der Waals surface area contributed by atoms with Gasteiger partial charge in [0.1, 0.15) is 5.60 Å². The fourth-order valence-corrected chi connectivity index (χ4v) is 6.62. The molecule has 1 heterocycles. The van der Waals surface area contributed by atoms with Gasteiger partial charge in [-0.3, -0.25) is 9.69 Å². The van der Waals surface area contributed by atoms with E-state index in [1.165, 1.54) is 0 Å². The molecular formula is C35H54N2O5Si. The highest BCUT2D eigenvalue weighted by atomic mass is 28.4. The van der Waals surface area contributed by atoms with Gasteiger partial charge in [-0.2, -0.15) is 0 Å². The molecule has 0 aliphatic carbocycles. The summed E-state index contributed by atoms with van der Waals surface area (Å²) in [4.78, 5) is 30.5. The maximum atomic E-state index is 13.9. The van der Waals surface area contributed by atoms with Crippen molar-refractivity contribution in [3.63, 3.8) is 0 Å². The number of likely N-dealkylation sites (tertiary alicyclic amines) is 1. The molecule has 1 aliphatic rings. The lowest BCUT2D eigenvalue weighted by Crippen LogP contribution is -2.50. The number of ether oxygens (including phenoxy) is 2.